The number of carbonyl (C=O) groups is 2. The second kappa shape index (κ2) is 5.53. The van der Waals surface area contributed by atoms with E-state index in [1.165, 1.54) is 6.07 Å². The summed E-state index contributed by atoms with van der Waals surface area (Å²) < 4.78 is 0. The van der Waals surface area contributed by atoms with Crippen LogP contribution in [0.4, 0.5) is 10.5 Å². The first kappa shape index (κ1) is 14.4. The van der Waals surface area contributed by atoms with Crippen molar-refractivity contribution in [2.45, 2.75) is 45.1 Å². The number of carboxylic acid groups (broad SMARTS) is 1. The van der Waals surface area contributed by atoms with Gasteiger partial charge in [-0.1, -0.05) is 25.0 Å². The fraction of sp³-hybridized carbons (Fsp3) is 0.467. The highest BCUT2D eigenvalue weighted by molar-refractivity contribution is 6.01. The maximum Gasteiger partial charge on any atom is 0.337 e. The number of amides is 2. The highest BCUT2D eigenvalue weighted by atomic mass is 16.4. The van der Waals surface area contributed by atoms with Gasteiger partial charge in [0.1, 0.15) is 0 Å². The number of nitrogens with one attached hydrogen (secondary N) is 2. The lowest BCUT2D eigenvalue weighted by atomic mass is 10.0. The van der Waals surface area contributed by atoms with Crippen LogP contribution in [0.1, 0.15) is 48.5 Å². The number of carbonyl (C=O) groups excluding carboxylic acids is 1. The molecular weight excluding hydrogens is 256 g/mol. The van der Waals surface area contributed by atoms with E-state index in [9.17, 15) is 9.59 Å². The number of hydrogen-bond acceptors (Lipinski definition) is 2. The van der Waals surface area contributed by atoms with Gasteiger partial charge >= 0.3 is 12.0 Å². The normalized spacial score (nSPS) is 16.7. The molecule has 0 spiro atoms. The lowest BCUT2D eigenvalue weighted by Crippen LogP contribution is -2.46. The number of benzene rings is 1. The minimum atomic E-state index is -1.05. The van der Waals surface area contributed by atoms with Gasteiger partial charge in [0, 0.05) is 5.54 Å². The Balaban J connectivity index is 2.13. The molecule has 0 saturated heterocycles. The number of anilines is 1. The molecule has 108 valence electrons. The van der Waals surface area contributed by atoms with Crippen LogP contribution in [0.3, 0.4) is 0 Å². The molecule has 5 nitrogen and oxygen atoms in total. The Labute approximate surface area is 118 Å². The number of rotatable bonds is 3. The van der Waals surface area contributed by atoms with Crippen molar-refractivity contribution in [3.8, 4) is 0 Å². The van der Waals surface area contributed by atoms with Gasteiger partial charge in [-0.2, -0.15) is 0 Å². The second-order valence-electron chi connectivity index (χ2n) is 5.65. The molecule has 0 aliphatic heterocycles. The van der Waals surface area contributed by atoms with Gasteiger partial charge < -0.3 is 15.7 Å². The van der Waals surface area contributed by atoms with Gasteiger partial charge in [-0.3, -0.25) is 0 Å². The molecule has 0 unspecified atom stereocenters. The first-order valence-corrected chi connectivity index (χ1v) is 6.83. The van der Waals surface area contributed by atoms with Crippen molar-refractivity contribution in [3.05, 3.63) is 29.3 Å². The molecule has 1 aromatic carbocycles. The van der Waals surface area contributed by atoms with Crippen LogP contribution in [0.25, 0.3) is 0 Å². The zero-order valence-electron chi connectivity index (χ0n) is 11.8. The standard InChI is InChI=1S/C15H20N2O3/c1-10-6-5-7-11(13(18)19)12(10)16-14(20)17-15(2)8-3-4-9-15/h5-7H,3-4,8-9H2,1-2H3,(H,18,19)(H2,16,17,20). The predicted octanol–water partition coefficient (Wildman–Crippen LogP) is 3.15. The minimum absolute atomic E-state index is 0.108. The summed E-state index contributed by atoms with van der Waals surface area (Å²) in [5.74, 6) is -1.05. The first-order chi connectivity index (χ1) is 9.41. The van der Waals surface area contributed by atoms with Crippen LogP contribution in [0, 0.1) is 6.92 Å². The predicted molar refractivity (Wildman–Crippen MR) is 77.2 cm³/mol. The Morgan fingerprint density at radius 2 is 1.90 bits per heavy atom. The van der Waals surface area contributed by atoms with Gasteiger partial charge in [0.05, 0.1) is 11.3 Å². The minimum Gasteiger partial charge on any atom is -0.478 e. The molecule has 0 radical (unpaired) electrons. The molecule has 2 rings (SSSR count). The highest BCUT2D eigenvalue weighted by Gasteiger charge is 2.30. The van der Waals surface area contributed by atoms with Crippen molar-refractivity contribution in [1.82, 2.24) is 5.32 Å². The van der Waals surface area contributed by atoms with Crippen LogP contribution in [-0.4, -0.2) is 22.6 Å². The zero-order chi connectivity index (χ0) is 14.8. The molecule has 0 bridgehead atoms. The van der Waals surface area contributed by atoms with Gasteiger partial charge in [0.25, 0.3) is 0 Å². The Hall–Kier alpha value is -2.04. The number of hydrogen-bond donors (Lipinski definition) is 3. The summed E-state index contributed by atoms with van der Waals surface area (Å²) >= 11 is 0. The van der Waals surface area contributed by atoms with Crippen LogP contribution >= 0.6 is 0 Å². The molecule has 20 heavy (non-hydrogen) atoms. The molecule has 1 aromatic rings. The Bertz CT molecular complexity index is 534. The molecule has 0 heterocycles. The maximum atomic E-state index is 12.1. The molecule has 5 heteroatoms. The SMILES string of the molecule is Cc1cccc(C(=O)O)c1NC(=O)NC1(C)CCCC1. The number of aromatic carboxylic acids is 1. The summed E-state index contributed by atoms with van der Waals surface area (Å²) in [7, 11) is 0. The molecule has 2 amide bonds. The number of para-hydroxylation sites is 1. The van der Waals surface area contributed by atoms with Gasteiger partial charge in [-0.25, -0.2) is 9.59 Å². The summed E-state index contributed by atoms with van der Waals surface area (Å²) in [4.78, 5) is 23.3. The number of aryl methyl sites for hydroxylation is 1. The molecule has 1 saturated carbocycles. The van der Waals surface area contributed by atoms with E-state index in [1.54, 1.807) is 19.1 Å². The monoisotopic (exact) mass is 276 g/mol. The summed E-state index contributed by atoms with van der Waals surface area (Å²) in [6, 6.07) is 4.59. The fourth-order valence-electron chi connectivity index (χ4n) is 2.71. The molecule has 3 N–H and O–H groups in total. The quantitative estimate of drug-likeness (QED) is 0.793. The Morgan fingerprint density at radius 3 is 2.50 bits per heavy atom. The van der Waals surface area contributed by atoms with Crippen molar-refractivity contribution < 1.29 is 14.7 Å². The van der Waals surface area contributed by atoms with Crippen molar-refractivity contribution >= 4 is 17.7 Å². The summed E-state index contributed by atoms with van der Waals surface area (Å²) in [6.45, 7) is 3.80. The average molecular weight is 276 g/mol. The van der Waals surface area contributed by atoms with E-state index >= 15 is 0 Å². The van der Waals surface area contributed by atoms with Gasteiger partial charge in [0.15, 0.2) is 0 Å². The fourth-order valence-corrected chi connectivity index (χ4v) is 2.71. The van der Waals surface area contributed by atoms with E-state index in [-0.39, 0.29) is 17.1 Å². The zero-order valence-corrected chi connectivity index (χ0v) is 11.8. The van der Waals surface area contributed by atoms with Crippen LogP contribution < -0.4 is 10.6 Å². The molecular formula is C15H20N2O3. The third-order valence-electron chi connectivity index (χ3n) is 3.86. The van der Waals surface area contributed by atoms with Crippen molar-refractivity contribution in [2.24, 2.45) is 0 Å². The largest absolute Gasteiger partial charge is 0.478 e. The van der Waals surface area contributed by atoms with Crippen molar-refractivity contribution in [2.75, 3.05) is 5.32 Å². The second-order valence-corrected chi connectivity index (χ2v) is 5.65. The molecule has 1 aliphatic carbocycles. The van der Waals surface area contributed by atoms with Crippen LogP contribution in [-0.2, 0) is 0 Å². The van der Waals surface area contributed by atoms with E-state index in [0.717, 1.165) is 31.2 Å². The van der Waals surface area contributed by atoms with Gasteiger partial charge in [-0.05, 0) is 38.3 Å². The van der Waals surface area contributed by atoms with E-state index < -0.39 is 5.97 Å². The van der Waals surface area contributed by atoms with Crippen LogP contribution in [0.15, 0.2) is 18.2 Å². The van der Waals surface area contributed by atoms with E-state index in [0.29, 0.717) is 5.69 Å². The molecule has 0 aromatic heterocycles. The van der Waals surface area contributed by atoms with Gasteiger partial charge in [-0.15, -0.1) is 0 Å². The van der Waals surface area contributed by atoms with E-state index in [1.807, 2.05) is 6.92 Å². The van der Waals surface area contributed by atoms with E-state index in [4.69, 9.17) is 5.11 Å². The summed E-state index contributed by atoms with van der Waals surface area (Å²) in [5.41, 5.74) is 1.02. The molecule has 1 fully saturated rings. The Kier molecular flexibility index (Phi) is 3.97. The maximum absolute atomic E-state index is 12.1. The summed E-state index contributed by atoms with van der Waals surface area (Å²) in [6.07, 6.45) is 4.14. The van der Waals surface area contributed by atoms with E-state index in [2.05, 4.69) is 10.6 Å². The third kappa shape index (κ3) is 3.10. The van der Waals surface area contributed by atoms with Crippen LogP contribution in [0.5, 0.6) is 0 Å². The molecule has 1 aliphatic rings. The third-order valence-corrected chi connectivity index (χ3v) is 3.86. The van der Waals surface area contributed by atoms with Crippen molar-refractivity contribution in [1.29, 1.82) is 0 Å². The summed E-state index contributed by atoms with van der Waals surface area (Å²) in [5, 5.41) is 14.8. The lowest BCUT2D eigenvalue weighted by molar-refractivity contribution is 0.0698. The van der Waals surface area contributed by atoms with Crippen molar-refractivity contribution in [3.63, 3.8) is 0 Å². The number of urea groups is 1. The Morgan fingerprint density at radius 1 is 1.25 bits per heavy atom. The molecule has 0 atom stereocenters. The average Bonchev–Trinajstić information content (AvgIpc) is 2.77. The number of carboxylic acids is 1. The highest BCUT2D eigenvalue weighted by Crippen LogP contribution is 2.29. The lowest BCUT2D eigenvalue weighted by Gasteiger charge is -2.25. The smallest absolute Gasteiger partial charge is 0.337 e. The van der Waals surface area contributed by atoms with Crippen LogP contribution in [0.2, 0.25) is 0 Å². The topological polar surface area (TPSA) is 78.4 Å². The van der Waals surface area contributed by atoms with Gasteiger partial charge in [0.2, 0.25) is 0 Å². The first-order valence-electron chi connectivity index (χ1n) is 6.83.